The lowest BCUT2D eigenvalue weighted by atomic mass is 9.49. The molecule has 1 aromatic carbocycles. The largest absolute Gasteiger partial charge is 0.354 e. The van der Waals surface area contributed by atoms with E-state index >= 15 is 0 Å². The average molecular weight is 401 g/mol. The van der Waals surface area contributed by atoms with Gasteiger partial charge < -0.3 is 10.6 Å². The van der Waals surface area contributed by atoms with E-state index in [1.54, 1.807) is 0 Å². The fourth-order valence-corrected chi connectivity index (χ4v) is 7.00. The predicted octanol–water partition coefficient (Wildman–Crippen LogP) is 3.76. The Kier molecular flexibility index (Phi) is 6.29. The van der Waals surface area contributed by atoms with Gasteiger partial charge in [0, 0.05) is 24.5 Å². The van der Waals surface area contributed by atoms with Crippen molar-refractivity contribution in [3.05, 3.63) is 35.9 Å². The second-order valence-corrected chi connectivity index (χ2v) is 10.4. The molecule has 0 spiro atoms. The molecule has 2 amide bonds. The van der Waals surface area contributed by atoms with E-state index in [2.05, 4.69) is 22.8 Å². The summed E-state index contributed by atoms with van der Waals surface area (Å²) in [6.45, 7) is 0.746. The van der Waals surface area contributed by atoms with Crippen LogP contribution in [0.15, 0.2) is 30.3 Å². The Morgan fingerprint density at radius 2 is 1.57 bits per heavy atom. The van der Waals surface area contributed by atoms with Crippen LogP contribution in [0, 0.1) is 23.2 Å². The van der Waals surface area contributed by atoms with E-state index in [0.29, 0.717) is 13.0 Å². The second-order valence-electron chi connectivity index (χ2n) is 9.26. The van der Waals surface area contributed by atoms with Gasteiger partial charge in [-0.3, -0.25) is 9.59 Å². The van der Waals surface area contributed by atoms with Crippen LogP contribution in [0.1, 0.15) is 50.5 Å². The van der Waals surface area contributed by atoms with E-state index in [-0.39, 0.29) is 23.8 Å². The molecule has 28 heavy (non-hydrogen) atoms. The molecule has 4 fully saturated rings. The SMILES string of the molecule is O=C(CNC(=O)CC12CC3CC(CC(C3)C1)C2)NCCSCc1ccccc1. The molecule has 152 valence electrons. The first kappa shape index (κ1) is 19.8. The van der Waals surface area contributed by atoms with Gasteiger partial charge in [-0.15, -0.1) is 0 Å². The third-order valence-electron chi connectivity index (χ3n) is 6.83. The molecule has 0 unspecified atom stereocenters. The summed E-state index contributed by atoms with van der Waals surface area (Å²) >= 11 is 1.81. The molecule has 2 N–H and O–H groups in total. The summed E-state index contributed by atoms with van der Waals surface area (Å²) in [5.74, 6) is 4.39. The number of rotatable bonds is 9. The zero-order chi connectivity index (χ0) is 19.4. The van der Waals surface area contributed by atoms with Crippen molar-refractivity contribution < 1.29 is 9.59 Å². The number of carbonyl (C=O) groups excluding carboxylic acids is 2. The van der Waals surface area contributed by atoms with Crippen LogP contribution in [0.5, 0.6) is 0 Å². The van der Waals surface area contributed by atoms with Crippen molar-refractivity contribution in [3.8, 4) is 0 Å². The third-order valence-corrected chi connectivity index (χ3v) is 7.86. The van der Waals surface area contributed by atoms with Gasteiger partial charge >= 0.3 is 0 Å². The maximum Gasteiger partial charge on any atom is 0.239 e. The van der Waals surface area contributed by atoms with E-state index in [1.165, 1.54) is 44.1 Å². The van der Waals surface area contributed by atoms with Crippen LogP contribution < -0.4 is 10.6 Å². The van der Waals surface area contributed by atoms with Gasteiger partial charge in [-0.1, -0.05) is 30.3 Å². The van der Waals surface area contributed by atoms with Crippen LogP contribution in [-0.2, 0) is 15.3 Å². The van der Waals surface area contributed by atoms with Crippen LogP contribution in [0.25, 0.3) is 0 Å². The molecular weight excluding hydrogens is 368 g/mol. The van der Waals surface area contributed by atoms with Crippen molar-refractivity contribution in [2.24, 2.45) is 23.2 Å². The maximum atomic E-state index is 12.5. The monoisotopic (exact) mass is 400 g/mol. The lowest BCUT2D eigenvalue weighted by Gasteiger charge is -2.56. The molecule has 0 heterocycles. The Labute approximate surface area is 172 Å². The zero-order valence-electron chi connectivity index (χ0n) is 16.6. The van der Waals surface area contributed by atoms with E-state index in [4.69, 9.17) is 0 Å². The minimum absolute atomic E-state index is 0.0653. The van der Waals surface area contributed by atoms with E-state index in [1.807, 2.05) is 30.0 Å². The number of hydrogen-bond acceptors (Lipinski definition) is 3. The predicted molar refractivity (Wildman–Crippen MR) is 114 cm³/mol. The molecule has 4 aliphatic rings. The van der Waals surface area contributed by atoms with Gasteiger partial charge in [0.2, 0.25) is 11.8 Å². The minimum Gasteiger partial charge on any atom is -0.354 e. The average Bonchev–Trinajstić information content (AvgIpc) is 2.65. The first-order chi connectivity index (χ1) is 13.6. The summed E-state index contributed by atoms with van der Waals surface area (Å²) in [4.78, 5) is 24.5. The van der Waals surface area contributed by atoms with Crippen molar-refractivity contribution in [1.82, 2.24) is 10.6 Å². The summed E-state index contributed by atoms with van der Waals surface area (Å²) < 4.78 is 0. The highest BCUT2D eigenvalue weighted by molar-refractivity contribution is 7.98. The summed E-state index contributed by atoms with van der Waals surface area (Å²) in [6, 6.07) is 10.3. The Bertz CT molecular complexity index is 656. The smallest absolute Gasteiger partial charge is 0.239 e. The second kappa shape index (κ2) is 8.89. The molecule has 5 heteroatoms. The highest BCUT2D eigenvalue weighted by Gasteiger charge is 2.51. The third kappa shape index (κ3) is 5.11. The molecule has 0 radical (unpaired) electrons. The normalized spacial score (nSPS) is 30.2. The lowest BCUT2D eigenvalue weighted by molar-refractivity contribution is -0.131. The summed E-state index contributed by atoms with van der Waals surface area (Å²) in [5, 5.41) is 5.78. The van der Waals surface area contributed by atoms with Gasteiger partial charge in [0.25, 0.3) is 0 Å². The molecule has 0 atom stereocenters. The summed E-state index contributed by atoms with van der Waals surface area (Å²) in [7, 11) is 0. The molecule has 4 nitrogen and oxygen atoms in total. The van der Waals surface area contributed by atoms with Crippen LogP contribution in [0.4, 0.5) is 0 Å². The van der Waals surface area contributed by atoms with Gasteiger partial charge in [0.15, 0.2) is 0 Å². The maximum absolute atomic E-state index is 12.5. The number of carbonyl (C=O) groups is 2. The highest BCUT2D eigenvalue weighted by atomic mass is 32.2. The zero-order valence-corrected chi connectivity index (χ0v) is 17.4. The Morgan fingerprint density at radius 3 is 2.21 bits per heavy atom. The van der Waals surface area contributed by atoms with E-state index < -0.39 is 0 Å². The first-order valence-corrected chi connectivity index (χ1v) is 11.9. The van der Waals surface area contributed by atoms with Gasteiger partial charge in [0.1, 0.15) is 0 Å². The molecule has 4 saturated carbocycles. The van der Waals surface area contributed by atoms with Crippen molar-refractivity contribution in [1.29, 1.82) is 0 Å². The van der Waals surface area contributed by atoms with Crippen molar-refractivity contribution in [3.63, 3.8) is 0 Å². The van der Waals surface area contributed by atoms with Crippen LogP contribution >= 0.6 is 11.8 Å². The quantitative estimate of drug-likeness (QED) is 0.621. The van der Waals surface area contributed by atoms with E-state index in [9.17, 15) is 9.59 Å². The Balaban J connectivity index is 1.10. The number of amides is 2. The molecule has 4 aliphatic carbocycles. The number of hydrogen-bond donors (Lipinski definition) is 2. The fraction of sp³-hybridized carbons (Fsp3) is 0.652. The lowest BCUT2D eigenvalue weighted by Crippen LogP contribution is -2.48. The van der Waals surface area contributed by atoms with Crippen LogP contribution in [-0.4, -0.2) is 30.7 Å². The van der Waals surface area contributed by atoms with Gasteiger partial charge in [-0.05, 0) is 67.3 Å². The fourth-order valence-electron chi connectivity index (χ4n) is 6.18. The minimum atomic E-state index is -0.0841. The number of nitrogens with one attached hydrogen (secondary N) is 2. The highest BCUT2D eigenvalue weighted by Crippen LogP contribution is 2.61. The molecule has 4 bridgehead atoms. The first-order valence-electron chi connectivity index (χ1n) is 10.8. The number of benzene rings is 1. The molecule has 5 rings (SSSR count). The van der Waals surface area contributed by atoms with Crippen molar-refractivity contribution in [2.45, 2.75) is 50.7 Å². The Hall–Kier alpha value is -1.49. The molecule has 0 aliphatic heterocycles. The van der Waals surface area contributed by atoms with Crippen LogP contribution in [0.2, 0.25) is 0 Å². The topological polar surface area (TPSA) is 58.2 Å². The molecule has 0 aromatic heterocycles. The van der Waals surface area contributed by atoms with Crippen LogP contribution in [0.3, 0.4) is 0 Å². The molecule has 1 aromatic rings. The van der Waals surface area contributed by atoms with Crippen molar-refractivity contribution >= 4 is 23.6 Å². The standard InChI is InChI=1S/C23H32N2O2S/c26-21(14-23-11-18-8-19(12-23)10-20(9-18)13-23)25-15-22(27)24-6-7-28-16-17-4-2-1-3-5-17/h1-5,18-20H,6-16H2,(H,24,27)(H,25,26). The molecular formula is C23H32N2O2S. The Morgan fingerprint density at radius 1 is 0.929 bits per heavy atom. The van der Waals surface area contributed by atoms with Gasteiger partial charge in [0.05, 0.1) is 6.54 Å². The summed E-state index contributed by atoms with van der Waals surface area (Å²) in [5.41, 5.74) is 1.54. The van der Waals surface area contributed by atoms with Crippen molar-refractivity contribution in [2.75, 3.05) is 18.8 Å². The number of thioether (sulfide) groups is 1. The van der Waals surface area contributed by atoms with E-state index in [0.717, 1.165) is 29.3 Å². The molecule has 0 saturated heterocycles. The summed E-state index contributed by atoms with van der Waals surface area (Å²) in [6.07, 6.45) is 8.51. The van der Waals surface area contributed by atoms with Gasteiger partial charge in [-0.2, -0.15) is 11.8 Å². The van der Waals surface area contributed by atoms with Gasteiger partial charge in [-0.25, -0.2) is 0 Å².